The zero-order valence-electron chi connectivity index (χ0n) is 14.8. The SMILES string of the molecule is COc1ccc2[nH]c3c4c(c(/C=C/C(=O)O)cc3c2c1)OC(C)(C)C=C4. The second-order valence-corrected chi connectivity index (χ2v) is 6.88. The van der Waals surface area contributed by atoms with E-state index in [9.17, 15) is 4.79 Å². The first-order valence-corrected chi connectivity index (χ1v) is 8.34. The molecule has 2 N–H and O–H groups in total. The number of carbonyl (C=O) groups is 1. The molecule has 1 aromatic heterocycles. The Morgan fingerprint density at radius 3 is 2.81 bits per heavy atom. The van der Waals surface area contributed by atoms with Gasteiger partial charge in [0.25, 0.3) is 0 Å². The predicted molar refractivity (Wildman–Crippen MR) is 103 cm³/mol. The fraction of sp³-hybridized carbons (Fsp3) is 0.190. The van der Waals surface area contributed by atoms with Crippen molar-refractivity contribution in [3.8, 4) is 11.5 Å². The van der Waals surface area contributed by atoms with E-state index in [4.69, 9.17) is 14.6 Å². The van der Waals surface area contributed by atoms with Gasteiger partial charge in [-0.1, -0.05) is 0 Å². The van der Waals surface area contributed by atoms with E-state index in [1.165, 1.54) is 0 Å². The van der Waals surface area contributed by atoms with Crippen LogP contribution in [0.5, 0.6) is 11.5 Å². The highest BCUT2D eigenvalue weighted by Gasteiger charge is 2.26. The Hall–Kier alpha value is -3.21. The summed E-state index contributed by atoms with van der Waals surface area (Å²) in [6, 6.07) is 7.82. The minimum atomic E-state index is -0.995. The minimum Gasteiger partial charge on any atom is -0.497 e. The maximum Gasteiger partial charge on any atom is 0.328 e. The van der Waals surface area contributed by atoms with Crippen molar-refractivity contribution in [1.29, 1.82) is 0 Å². The van der Waals surface area contributed by atoms with Crippen LogP contribution in [0.3, 0.4) is 0 Å². The topological polar surface area (TPSA) is 71.6 Å². The molecule has 0 spiro atoms. The smallest absolute Gasteiger partial charge is 0.328 e. The third kappa shape index (κ3) is 2.62. The van der Waals surface area contributed by atoms with Crippen LogP contribution >= 0.6 is 0 Å². The molecular formula is C21H19NO4. The lowest BCUT2D eigenvalue weighted by Crippen LogP contribution is -2.28. The van der Waals surface area contributed by atoms with Crippen LogP contribution in [-0.2, 0) is 4.79 Å². The monoisotopic (exact) mass is 349 g/mol. The summed E-state index contributed by atoms with van der Waals surface area (Å²) in [7, 11) is 1.64. The number of hydrogen-bond acceptors (Lipinski definition) is 3. The van der Waals surface area contributed by atoms with Crippen LogP contribution in [0.1, 0.15) is 25.0 Å². The summed E-state index contributed by atoms with van der Waals surface area (Å²) in [4.78, 5) is 14.5. The molecule has 5 heteroatoms. The van der Waals surface area contributed by atoms with Crippen LogP contribution in [0.4, 0.5) is 0 Å². The van der Waals surface area contributed by atoms with Crippen molar-refractivity contribution in [2.24, 2.45) is 0 Å². The number of aromatic amines is 1. The number of ether oxygens (including phenoxy) is 2. The summed E-state index contributed by atoms with van der Waals surface area (Å²) in [6.45, 7) is 3.94. The normalized spacial score (nSPS) is 15.3. The van der Waals surface area contributed by atoms with Crippen LogP contribution in [0.25, 0.3) is 34.0 Å². The molecule has 1 aliphatic heterocycles. The summed E-state index contributed by atoms with van der Waals surface area (Å²) in [6.07, 6.45) is 6.75. The van der Waals surface area contributed by atoms with Crippen LogP contribution < -0.4 is 9.47 Å². The molecule has 4 rings (SSSR count). The fourth-order valence-corrected chi connectivity index (χ4v) is 3.31. The quantitative estimate of drug-likeness (QED) is 0.677. The van der Waals surface area contributed by atoms with Crippen LogP contribution in [0.2, 0.25) is 0 Å². The maximum atomic E-state index is 11.0. The summed E-state index contributed by atoms with van der Waals surface area (Å²) >= 11 is 0. The van der Waals surface area contributed by atoms with Gasteiger partial charge in [0.1, 0.15) is 17.1 Å². The number of methoxy groups -OCH3 is 1. The molecule has 0 saturated carbocycles. The lowest BCUT2D eigenvalue weighted by atomic mass is 9.96. The van der Waals surface area contributed by atoms with Crippen molar-refractivity contribution >= 4 is 39.9 Å². The average Bonchev–Trinajstić information content (AvgIpc) is 2.96. The number of H-pyrrole nitrogens is 1. The molecule has 0 saturated heterocycles. The lowest BCUT2D eigenvalue weighted by Gasteiger charge is -2.29. The first kappa shape index (κ1) is 16.3. The molecule has 26 heavy (non-hydrogen) atoms. The van der Waals surface area contributed by atoms with E-state index < -0.39 is 11.6 Å². The van der Waals surface area contributed by atoms with Crippen molar-refractivity contribution in [2.75, 3.05) is 7.11 Å². The number of aromatic nitrogens is 1. The van der Waals surface area contributed by atoms with Gasteiger partial charge in [-0.2, -0.15) is 0 Å². The number of hydrogen-bond donors (Lipinski definition) is 2. The molecule has 0 bridgehead atoms. The second kappa shape index (κ2) is 5.66. The Kier molecular flexibility index (Phi) is 3.54. The van der Waals surface area contributed by atoms with E-state index >= 15 is 0 Å². The first-order chi connectivity index (χ1) is 12.4. The highest BCUT2D eigenvalue weighted by Crippen LogP contribution is 2.42. The number of aliphatic carboxylic acids is 1. The Morgan fingerprint density at radius 1 is 1.27 bits per heavy atom. The lowest BCUT2D eigenvalue weighted by molar-refractivity contribution is -0.131. The van der Waals surface area contributed by atoms with Gasteiger partial charge in [-0.05, 0) is 56.3 Å². The number of benzene rings is 2. The van der Waals surface area contributed by atoms with Crippen LogP contribution in [0, 0.1) is 0 Å². The van der Waals surface area contributed by atoms with E-state index in [0.717, 1.165) is 44.8 Å². The van der Waals surface area contributed by atoms with Crippen molar-refractivity contribution in [3.05, 3.63) is 47.5 Å². The Bertz CT molecular complexity index is 1100. The largest absolute Gasteiger partial charge is 0.497 e. The molecule has 0 radical (unpaired) electrons. The van der Waals surface area contributed by atoms with Crippen molar-refractivity contribution in [2.45, 2.75) is 19.4 Å². The minimum absolute atomic E-state index is 0.457. The number of carboxylic acid groups (broad SMARTS) is 1. The van der Waals surface area contributed by atoms with Gasteiger partial charge < -0.3 is 19.6 Å². The van der Waals surface area contributed by atoms with Gasteiger partial charge in [0.05, 0.1) is 12.6 Å². The van der Waals surface area contributed by atoms with Gasteiger partial charge >= 0.3 is 5.97 Å². The van der Waals surface area contributed by atoms with Crippen molar-refractivity contribution in [1.82, 2.24) is 4.98 Å². The average molecular weight is 349 g/mol. The van der Waals surface area contributed by atoms with E-state index in [1.54, 1.807) is 13.2 Å². The molecule has 0 fully saturated rings. The molecule has 2 aromatic carbocycles. The molecule has 0 amide bonds. The summed E-state index contributed by atoms with van der Waals surface area (Å²) in [5.74, 6) is 0.456. The Labute approximate surface area is 150 Å². The fourth-order valence-electron chi connectivity index (χ4n) is 3.31. The molecular weight excluding hydrogens is 330 g/mol. The predicted octanol–water partition coefficient (Wildman–Crippen LogP) is 4.61. The Balaban J connectivity index is 2.07. The van der Waals surface area contributed by atoms with Gasteiger partial charge in [0, 0.05) is 33.5 Å². The summed E-state index contributed by atoms with van der Waals surface area (Å²) in [5.41, 5.74) is 3.14. The standard InChI is InChI=1S/C21H19NO4/c1-21(2)9-8-14-19-16(10-12(20(14)26-21)4-7-18(23)24)15-11-13(25-3)5-6-17(15)22-19/h4-11,22H,1-3H3,(H,23,24)/b7-4+. The number of carboxylic acids is 1. The zero-order valence-corrected chi connectivity index (χ0v) is 14.8. The maximum absolute atomic E-state index is 11.0. The molecule has 0 unspecified atom stereocenters. The molecule has 0 aliphatic carbocycles. The van der Waals surface area contributed by atoms with Gasteiger partial charge in [0.2, 0.25) is 0 Å². The summed E-state index contributed by atoms with van der Waals surface area (Å²) < 4.78 is 11.5. The van der Waals surface area contributed by atoms with Crippen molar-refractivity contribution in [3.63, 3.8) is 0 Å². The van der Waals surface area contributed by atoms with E-state index in [0.29, 0.717) is 5.75 Å². The Morgan fingerprint density at radius 2 is 2.08 bits per heavy atom. The second-order valence-electron chi connectivity index (χ2n) is 6.88. The molecule has 2 heterocycles. The van der Waals surface area contributed by atoms with Gasteiger partial charge in [0.15, 0.2) is 0 Å². The van der Waals surface area contributed by atoms with E-state index in [-0.39, 0.29) is 0 Å². The van der Waals surface area contributed by atoms with Crippen molar-refractivity contribution < 1.29 is 19.4 Å². The van der Waals surface area contributed by atoms with Gasteiger partial charge in [-0.3, -0.25) is 0 Å². The molecule has 1 aliphatic rings. The number of fused-ring (bicyclic) bond motifs is 5. The third-order valence-electron chi connectivity index (χ3n) is 4.54. The van der Waals surface area contributed by atoms with Crippen LogP contribution in [-0.4, -0.2) is 28.8 Å². The number of rotatable bonds is 3. The third-order valence-corrected chi connectivity index (χ3v) is 4.54. The highest BCUT2D eigenvalue weighted by molar-refractivity contribution is 6.12. The van der Waals surface area contributed by atoms with Gasteiger partial charge in [-0.15, -0.1) is 0 Å². The summed E-state index contributed by atoms with van der Waals surface area (Å²) in [5, 5.41) is 11.0. The zero-order chi connectivity index (χ0) is 18.5. The molecule has 132 valence electrons. The first-order valence-electron chi connectivity index (χ1n) is 8.34. The van der Waals surface area contributed by atoms with Gasteiger partial charge in [-0.25, -0.2) is 4.79 Å². The number of nitrogens with one attached hydrogen (secondary N) is 1. The van der Waals surface area contributed by atoms with E-state index in [2.05, 4.69) is 4.98 Å². The van der Waals surface area contributed by atoms with E-state index in [1.807, 2.05) is 50.3 Å². The molecule has 0 atom stereocenters. The van der Waals surface area contributed by atoms with Crippen LogP contribution in [0.15, 0.2) is 36.4 Å². The molecule has 5 nitrogen and oxygen atoms in total. The molecule has 3 aromatic rings. The highest BCUT2D eigenvalue weighted by atomic mass is 16.5.